The van der Waals surface area contributed by atoms with Crippen molar-refractivity contribution in [3.05, 3.63) is 69.7 Å². The van der Waals surface area contributed by atoms with Crippen LogP contribution in [0.1, 0.15) is 17.2 Å². The van der Waals surface area contributed by atoms with Crippen molar-refractivity contribution in [2.24, 2.45) is 0 Å². The third-order valence-corrected chi connectivity index (χ3v) is 2.98. The van der Waals surface area contributed by atoms with Gasteiger partial charge >= 0.3 is 0 Å². The molecule has 2 aromatic rings. The van der Waals surface area contributed by atoms with Gasteiger partial charge in [-0.05, 0) is 29.3 Å². The summed E-state index contributed by atoms with van der Waals surface area (Å²) in [6.07, 6.45) is -0.0362. The summed E-state index contributed by atoms with van der Waals surface area (Å²) in [5, 5.41) is 11.2. The second kappa shape index (κ2) is 5.54. The number of aliphatic hydroxyl groups excluding tert-OH is 1. The quantitative estimate of drug-likeness (QED) is 0.880. The van der Waals surface area contributed by atoms with Crippen molar-refractivity contribution in [2.75, 3.05) is 0 Å². The van der Waals surface area contributed by atoms with Gasteiger partial charge < -0.3 is 5.11 Å². The first-order valence-corrected chi connectivity index (χ1v) is 6.09. The number of rotatable bonds is 3. The lowest BCUT2D eigenvalue weighted by Gasteiger charge is -2.12. The SMILES string of the molecule is OC(Cc1ccccc1)c1cc(Cl)cc(Cl)c1. The fourth-order valence-corrected chi connectivity index (χ4v) is 2.27. The van der Waals surface area contributed by atoms with Gasteiger partial charge in [0, 0.05) is 16.5 Å². The van der Waals surface area contributed by atoms with E-state index in [9.17, 15) is 5.11 Å². The van der Waals surface area contributed by atoms with E-state index < -0.39 is 6.10 Å². The van der Waals surface area contributed by atoms with Crippen molar-refractivity contribution in [2.45, 2.75) is 12.5 Å². The zero-order valence-corrected chi connectivity index (χ0v) is 10.6. The third kappa shape index (κ3) is 3.47. The predicted molar refractivity (Wildman–Crippen MR) is 71.6 cm³/mol. The minimum absolute atomic E-state index is 0.541. The molecule has 3 heteroatoms. The summed E-state index contributed by atoms with van der Waals surface area (Å²) in [4.78, 5) is 0. The first kappa shape index (κ1) is 12.4. The molecule has 1 atom stereocenters. The van der Waals surface area contributed by atoms with E-state index in [1.165, 1.54) is 0 Å². The van der Waals surface area contributed by atoms with Crippen LogP contribution < -0.4 is 0 Å². The van der Waals surface area contributed by atoms with E-state index in [0.717, 1.165) is 11.1 Å². The molecule has 17 heavy (non-hydrogen) atoms. The molecule has 2 rings (SSSR count). The topological polar surface area (TPSA) is 20.2 Å². The van der Waals surface area contributed by atoms with Gasteiger partial charge in [-0.1, -0.05) is 53.5 Å². The zero-order valence-electron chi connectivity index (χ0n) is 9.11. The molecule has 1 unspecified atom stereocenters. The maximum absolute atomic E-state index is 10.1. The van der Waals surface area contributed by atoms with E-state index in [4.69, 9.17) is 23.2 Å². The van der Waals surface area contributed by atoms with Crippen molar-refractivity contribution < 1.29 is 5.11 Å². The highest BCUT2D eigenvalue weighted by Crippen LogP contribution is 2.25. The van der Waals surface area contributed by atoms with E-state index in [1.807, 2.05) is 30.3 Å². The molecule has 0 saturated heterocycles. The fraction of sp³-hybridized carbons (Fsp3) is 0.143. The van der Waals surface area contributed by atoms with E-state index in [-0.39, 0.29) is 0 Å². The highest BCUT2D eigenvalue weighted by Gasteiger charge is 2.10. The molecule has 2 aromatic carbocycles. The second-order valence-corrected chi connectivity index (χ2v) is 4.78. The molecule has 0 aliphatic rings. The normalized spacial score (nSPS) is 12.4. The molecule has 0 saturated carbocycles. The zero-order chi connectivity index (χ0) is 12.3. The number of benzene rings is 2. The van der Waals surface area contributed by atoms with Gasteiger partial charge in [0.2, 0.25) is 0 Å². The standard InChI is InChI=1S/C14H12Cl2O/c15-12-7-11(8-13(16)9-12)14(17)6-10-4-2-1-3-5-10/h1-5,7-9,14,17H,6H2. The summed E-state index contributed by atoms with van der Waals surface area (Å²) in [5.74, 6) is 0. The maximum Gasteiger partial charge on any atom is 0.0831 e. The molecule has 0 spiro atoms. The molecule has 1 nitrogen and oxygen atoms in total. The Labute approximate surface area is 111 Å². The molecule has 88 valence electrons. The van der Waals surface area contributed by atoms with Crippen LogP contribution >= 0.6 is 23.2 Å². The Bertz CT molecular complexity index is 477. The third-order valence-electron chi connectivity index (χ3n) is 2.54. The summed E-state index contributed by atoms with van der Waals surface area (Å²) >= 11 is 11.8. The summed E-state index contributed by atoms with van der Waals surface area (Å²) in [6.45, 7) is 0. The molecule has 0 aliphatic carbocycles. The number of aliphatic hydroxyl groups is 1. The van der Waals surface area contributed by atoms with E-state index in [2.05, 4.69) is 0 Å². The lowest BCUT2D eigenvalue weighted by molar-refractivity contribution is 0.178. The second-order valence-electron chi connectivity index (χ2n) is 3.91. The molecule has 1 N–H and O–H groups in total. The van der Waals surface area contributed by atoms with Gasteiger partial charge in [-0.2, -0.15) is 0 Å². The first-order chi connectivity index (χ1) is 8.15. The van der Waals surface area contributed by atoms with Crippen molar-refractivity contribution in [3.8, 4) is 0 Å². The molecule has 0 aromatic heterocycles. The van der Waals surface area contributed by atoms with E-state index in [1.54, 1.807) is 18.2 Å². The molecular weight excluding hydrogens is 255 g/mol. The summed E-state index contributed by atoms with van der Waals surface area (Å²) in [7, 11) is 0. The summed E-state index contributed by atoms with van der Waals surface area (Å²) in [5.41, 5.74) is 1.82. The van der Waals surface area contributed by atoms with Crippen molar-refractivity contribution in [1.82, 2.24) is 0 Å². The Kier molecular flexibility index (Phi) is 4.06. The van der Waals surface area contributed by atoms with Gasteiger partial charge in [-0.25, -0.2) is 0 Å². The number of halogens is 2. The van der Waals surface area contributed by atoms with E-state index in [0.29, 0.717) is 16.5 Å². The Morgan fingerprint density at radius 3 is 2.12 bits per heavy atom. The smallest absolute Gasteiger partial charge is 0.0831 e. The lowest BCUT2D eigenvalue weighted by atomic mass is 10.0. The van der Waals surface area contributed by atoms with Crippen LogP contribution in [-0.4, -0.2) is 5.11 Å². The van der Waals surface area contributed by atoms with Crippen LogP contribution in [0.2, 0.25) is 10.0 Å². The van der Waals surface area contributed by atoms with Crippen LogP contribution in [0.5, 0.6) is 0 Å². The van der Waals surface area contributed by atoms with Gasteiger partial charge in [0.15, 0.2) is 0 Å². The van der Waals surface area contributed by atoms with Gasteiger partial charge in [0.05, 0.1) is 6.10 Å². The van der Waals surface area contributed by atoms with Crippen LogP contribution in [-0.2, 0) is 6.42 Å². The average Bonchev–Trinajstić information content (AvgIpc) is 2.29. The number of hydrogen-bond acceptors (Lipinski definition) is 1. The van der Waals surface area contributed by atoms with Crippen LogP contribution in [0.15, 0.2) is 48.5 Å². The van der Waals surface area contributed by atoms with Crippen molar-refractivity contribution in [3.63, 3.8) is 0 Å². The lowest BCUT2D eigenvalue weighted by Crippen LogP contribution is -2.01. The molecule has 0 bridgehead atoms. The predicted octanol–water partition coefficient (Wildman–Crippen LogP) is 4.27. The highest BCUT2D eigenvalue weighted by molar-refractivity contribution is 6.34. The monoisotopic (exact) mass is 266 g/mol. The minimum atomic E-state index is -0.589. The fourth-order valence-electron chi connectivity index (χ4n) is 1.72. The van der Waals surface area contributed by atoms with Gasteiger partial charge in [0.25, 0.3) is 0 Å². The highest BCUT2D eigenvalue weighted by atomic mass is 35.5. The van der Waals surface area contributed by atoms with Gasteiger partial charge in [0.1, 0.15) is 0 Å². The van der Waals surface area contributed by atoms with Crippen molar-refractivity contribution in [1.29, 1.82) is 0 Å². The average molecular weight is 267 g/mol. The van der Waals surface area contributed by atoms with Crippen molar-refractivity contribution >= 4 is 23.2 Å². The van der Waals surface area contributed by atoms with Crippen LogP contribution in [0, 0.1) is 0 Å². The van der Waals surface area contributed by atoms with Crippen LogP contribution in [0.25, 0.3) is 0 Å². The Balaban J connectivity index is 2.17. The van der Waals surface area contributed by atoms with Gasteiger partial charge in [-0.15, -0.1) is 0 Å². The Morgan fingerprint density at radius 2 is 1.53 bits per heavy atom. The van der Waals surface area contributed by atoms with E-state index >= 15 is 0 Å². The maximum atomic E-state index is 10.1. The summed E-state index contributed by atoms with van der Waals surface area (Å²) in [6, 6.07) is 14.9. The molecule has 0 radical (unpaired) electrons. The summed E-state index contributed by atoms with van der Waals surface area (Å²) < 4.78 is 0. The largest absolute Gasteiger partial charge is 0.388 e. The molecule has 0 heterocycles. The molecule has 0 aliphatic heterocycles. The van der Waals surface area contributed by atoms with Crippen LogP contribution in [0.3, 0.4) is 0 Å². The molecule has 0 amide bonds. The Morgan fingerprint density at radius 1 is 0.941 bits per heavy atom. The number of hydrogen-bond donors (Lipinski definition) is 1. The minimum Gasteiger partial charge on any atom is -0.388 e. The van der Waals surface area contributed by atoms with Gasteiger partial charge in [-0.3, -0.25) is 0 Å². The Hall–Kier alpha value is -1.02. The molecule has 0 fully saturated rings. The molecular formula is C14H12Cl2O. The van der Waals surface area contributed by atoms with Crippen LogP contribution in [0.4, 0.5) is 0 Å². The first-order valence-electron chi connectivity index (χ1n) is 5.33.